The predicted molar refractivity (Wildman–Crippen MR) is 82.6 cm³/mol. The number of alkyl halides is 2. The summed E-state index contributed by atoms with van der Waals surface area (Å²) in [6.45, 7) is 8.37. The van der Waals surface area contributed by atoms with Crippen molar-refractivity contribution in [3.05, 3.63) is 21.4 Å². The molecule has 0 aliphatic carbocycles. The van der Waals surface area contributed by atoms with Crippen molar-refractivity contribution < 1.29 is 13.6 Å². The highest BCUT2D eigenvalue weighted by Crippen LogP contribution is 2.35. The number of hydrogen-bond acceptors (Lipinski definition) is 2. The second-order valence-electron chi connectivity index (χ2n) is 6.43. The molecular weight excluding hydrogens is 292 g/mol. The molecule has 1 amide bonds. The van der Waals surface area contributed by atoms with E-state index in [-0.39, 0.29) is 12.3 Å². The number of rotatable bonds is 3. The Morgan fingerprint density at radius 3 is 2.43 bits per heavy atom. The normalized spacial score (nSPS) is 18.6. The zero-order valence-electron chi connectivity index (χ0n) is 13.1. The van der Waals surface area contributed by atoms with E-state index < -0.39 is 12.5 Å². The van der Waals surface area contributed by atoms with E-state index in [1.54, 1.807) is 0 Å². The fraction of sp³-hybridized carbons (Fsp3) is 0.688. The number of carbonyl (C=O) groups excluding carboxylic acids is 1. The van der Waals surface area contributed by atoms with Gasteiger partial charge in [-0.3, -0.25) is 4.79 Å². The fourth-order valence-electron chi connectivity index (χ4n) is 2.72. The van der Waals surface area contributed by atoms with Gasteiger partial charge in [0.2, 0.25) is 0 Å². The number of piperidine rings is 1. The van der Waals surface area contributed by atoms with Crippen LogP contribution in [0.5, 0.6) is 0 Å². The minimum absolute atomic E-state index is 0.115. The van der Waals surface area contributed by atoms with Crippen LogP contribution in [0.2, 0.25) is 0 Å². The van der Waals surface area contributed by atoms with Gasteiger partial charge in [0.15, 0.2) is 0 Å². The van der Waals surface area contributed by atoms with E-state index in [1.165, 1.54) is 26.7 Å². The number of amides is 1. The molecule has 1 aromatic heterocycles. The van der Waals surface area contributed by atoms with Crippen molar-refractivity contribution in [3.8, 4) is 0 Å². The summed E-state index contributed by atoms with van der Waals surface area (Å²) in [7, 11) is 0. The lowest BCUT2D eigenvalue weighted by Gasteiger charge is -2.32. The van der Waals surface area contributed by atoms with Crippen LogP contribution in [0.1, 0.15) is 72.5 Å². The number of thiophene rings is 1. The number of nitrogens with zero attached hydrogens (tertiary/aromatic N) is 1. The van der Waals surface area contributed by atoms with Gasteiger partial charge in [0.1, 0.15) is 0 Å². The predicted octanol–water partition coefficient (Wildman–Crippen LogP) is 4.87. The highest BCUT2D eigenvalue weighted by molar-refractivity contribution is 7.14. The zero-order valence-corrected chi connectivity index (χ0v) is 13.9. The van der Waals surface area contributed by atoms with Crippen LogP contribution in [0, 0.1) is 0 Å². The molecule has 21 heavy (non-hydrogen) atoms. The summed E-state index contributed by atoms with van der Waals surface area (Å²) in [5.74, 6) is -2.31. The van der Waals surface area contributed by atoms with Gasteiger partial charge in [-0.25, -0.2) is 8.78 Å². The molecule has 1 aromatic rings. The van der Waals surface area contributed by atoms with Crippen molar-refractivity contribution in [1.82, 2.24) is 4.90 Å². The standard InChI is InChI=1S/C16H23F2NOS/c1-10(2)12-8-13(21-14(12)11(3)4)15(20)19-7-5-6-16(17,18)9-19/h8,10-11H,5-7,9H2,1-4H3. The average molecular weight is 315 g/mol. The number of hydrogen-bond donors (Lipinski definition) is 0. The van der Waals surface area contributed by atoms with Crippen molar-refractivity contribution in [1.29, 1.82) is 0 Å². The molecule has 1 aliphatic rings. The Hall–Kier alpha value is -0.970. The molecule has 1 saturated heterocycles. The fourth-order valence-corrected chi connectivity index (χ4v) is 4.01. The Bertz CT molecular complexity index is 497. The van der Waals surface area contributed by atoms with E-state index >= 15 is 0 Å². The third kappa shape index (κ3) is 3.62. The molecule has 0 saturated carbocycles. The number of carbonyl (C=O) groups is 1. The first kappa shape index (κ1) is 16.4. The van der Waals surface area contributed by atoms with Crippen LogP contribution in [0.4, 0.5) is 8.78 Å². The van der Waals surface area contributed by atoms with Gasteiger partial charge >= 0.3 is 0 Å². The molecule has 0 N–H and O–H groups in total. The van der Waals surface area contributed by atoms with Crippen molar-refractivity contribution in [2.75, 3.05) is 13.1 Å². The first-order chi connectivity index (χ1) is 9.71. The zero-order chi connectivity index (χ0) is 15.8. The molecule has 0 atom stereocenters. The average Bonchev–Trinajstić information content (AvgIpc) is 2.81. The molecule has 1 aliphatic heterocycles. The van der Waals surface area contributed by atoms with Gasteiger partial charge < -0.3 is 4.90 Å². The van der Waals surface area contributed by atoms with E-state index in [4.69, 9.17) is 0 Å². The summed E-state index contributed by atoms with van der Waals surface area (Å²) in [5.41, 5.74) is 1.17. The molecule has 0 radical (unpaired) electrons. The van der Waals surface area contributed by atoms with Gasteiger partial charge in [-0.2, -0.15) is 0 Å². The van der Waals surface area contributed by atoms with E-state index in [1.807, 2.05) is 6.07 Å². The molecule has 5 heteroatoms. The lowest BCUT2D eigenvalue weighted by atomic mass is 9.98. The first-order valence-electron chi connectivity index (χ1n) is 7.52. The summed E-state index contributed by atoms with van der Waals surface area (Å²) >= 11 is 1.46. The lowest BCUT2D eigenvalue weighted by Crippen LogP contribution is -2.45. The first-order valence-corrected chi connectivity index (χ1v) is 8.33. The summed E-state index contributed by atoms with van der Waals surface area (Å²) in [5, 5.41) is 0. The van der Waals surface area contributed by atoms with Crippen molar-refractivity contribution in [2.45, 2.75) is 58.3 Å². The summed E-state index contributed by atoms with van der Waals surface area (Å²) in [6.07, 6.45) is 0.258. The molecule has 0 spiro atoms. The minimum atomic E-state index is -2.74. The van der Waals surface area contributed by atoms with E-state index in [0.29, 0.717) is 29.7 Å². The van der Waals surface area contributed by atoms with Gasteiger partial charge in [-0.15, -0.1) is 11.3 Å². The summed E-state index contributed by atoms with van der Waals surface area (Å²) in [4.78, 5) is 15.6. The maximum Gasteiger partial charge on any atom is 0.265 e. The molecule has 0 bridgehead atoms. The third-order valence-electron chi connectivity index (χ3n) is 3.83. The molecule has 2 rings (SSSR count). The van der Waals surface area contributed by atoms with Crippen LogP contribution in [0.3, 0.4) is 0 Å². The Morgan fingerprint density at radius 2 is 1.95 bits per heavy atom. The Labute approximate surface area is 129 Å². The van der Waals surface area contributed by atoms with Gasteiger partial charge in [0, 0.05) is 17.8 Å². The van der Waals surface area contributed by atoms with Crippen LogP contribution in [0.25, 0.3) is 0 Å². The van der Waals surface area contributed by atoms with Crippen LogP contribution in [0.15, 0.2) is 6.07 Å². The molecular formula is C16H23F2NOS. The van der Waals surface area contributed by atoms with Crippen molar-refractivity contribution in [3.63, 3.8) is 0 Å². The molecule has 0 unspecified atom stereocenters. The van der Waals surface area contributed by atoms with Crippen molar-refractivity contribution >= 4 is 17.2 Å². The second-order valence-corrected chi connectivity index (χ2v) is 7.51. The van der Waals surface area contributed by atoms with E-state index in [9.17, 15) is 13.6 Å². The molecule has 1 fully saturated rings. The number of halogens is 2. The van der Waals surface area contributed by atoms with Gasteiger partial charge in [0.05, 0.1) is 11.4 Å². The van der Waals surface area contributed by atoms with E-state index in [0.717, 1.165) is 0 Å². The van der Waals surface area contributed by atoms with Crippen molar-refractivity contribution in [2.24, 2.45) is 0 Å². The smallest absolute Gasteiger partial charge is 0.265 e. The Morgan fingerprint density at radius 1 is 1.29 bits per heavy atom. The Balaban J connectivity index is 2.25. The van der Waals surface area contributed by atoms with E-state index in [2.05, 4.69) is 27.7 Å². The maximum atomic E-state index is 13.5. The van der Waals surface area contributed by atoms with Gasteiger partial charge in [-0.05, 0) is 29.9 Å². The van der Waals surface area contributed by atoms with Gasteiger partial charge in [0.25, 0.3) is 11.8 Å². The molecule has 0 aromatic carbocycles. The number of likely N-dealkylation sites (tertiary alicyclic amines) is 1. The minimum Gasteiger partial charge on any atom is -0.332 e. The van der Waals surface area contributed by atoms with Gasteiger partial charge in [-0.1, -0.05) is 27.7 Å². The molecule has 118 valence electrons. The van der Waals surface area contributed by atoms with Crippen LogP contribution in [-0.2, 0) is 0 Å². The van der Waals surface area contributed by atoms with Crippen LogP contribution < -0.4 is 0 Å². The molecule has 2 nitrogen and oxygen atoms in total. The second kappa shape index (κ2) is 6.03. The quantitative estimate of drug-likeness (QED) is 0.779. The highest BCUT2D eigenvalue weighted by Gasteiger charge is 2.37. The summed E-state index contributed by atoms with van der Waals surface area (Å²) in [6, 6.07) is 1.90. The van der Waals surface area contributed by atoms with Crippen LogP contribution >= 0.6 is 11.3 Å². The largest absolute Gasteiger partial charge is 0.332 e. The Kier molecular flexibility index (Phi) is 4.71. The monoisotopic (exact) mass is 315 g/mol. The lowest BCUT2D eigenvalue weighted by molar-refractivity contribution is -0.0559. The van der Waals surface area contributed by atoms with Crippen LogP contribution in [-0.4, -0.2) is 29.8 Å². The third-order valence-corrected chi connectivity index (χ3v) is 5.27. The highest BCUT2D eigenvalue weighted by atomic mass is 32.1. The summed E-state index contributed by atoms with van der Waals surface area (Å²) < 4.78 is 27.0. The maximum absolute atomic E-state index is 13.5. The topological polar surface area (TPSA) is 20.3 Å². The SMILES string of the molecule is CC(C)c1cc(C(=O)N2CCCC(F)(F)C2)sc1C(C)C. The molecule has 2 heterocycles.